The average Bonchev–Trinajstić information content (AvgIpc) is 3.16. The number of nitrogens with one attached hydrogen (secondary N) is 1. The Hall–Kier alpha value is -3.25. The van der Waals surface area contributed by atoms with Gasteiger partial charge in [0.05, 0.1) is 11.7 Å². The minimum absolute atomic E-state index is 0.0855. The number of anilines is 1. The summed E-state index contributed by atoms with van der Waals surface area (Å²) in [5.74, 6) is 0.169. The lowest BCUT2D eigenvalue weighted by Gasteiger charge is -2.09. The van der Waals surface area contributed by atoms with Crippen molar-refractivity contribution < 1.29 is 4.79 Å². The Morgan fingerprint density at radius 3 is 2.52 bits per heavy atom. The quantitative estimate of drug-likeness (QED) is 0.516. The predicted molar refractivity (Wildman–Crippen MR) is 118 cm³/mol. The lowest BCUT2D eigenvalue weighted by molar-refractivity contribution is -0.116. The highest BCUT2D eigenvalue weighted by Gasteiger charge is 2.14. The van der Waals surface area contributed by atoms with E-state index < -0.39 is 0 Å². The average molecular weight is 404 g/mol. The molecule has 0 atom stereocenters. The molecule has 4 aromatic rings. The third-order valence-electron chi connectivity index (χ3n) is 4.82. The van der Waals surface area contributed by atoms with Crippen LogP contribution in [0.1, 0.15) is 25.3 Å². The van der Waals surface area contributed by atoms with Crippen LogP contribution in [0.25, 0.3) is 21.3 Å². The summed E-state index contributed by atoms with van der Waals surface area (Å²) in [6.07, 6.45) is 1.44. The van der Waals surface area contributed by atoms with Gasteiger partial charge < -0.3 is 5.32 Å². The first kappa shape index (κ1) is 19.1. The van der Waals surface area contributed by atoms with Crippen molar-refractivity contribution in [3.8, 4) is 11.1 Å². The van der Waals surface area contributed by atoms with Crippen LogP contribution in [-0.4, -0.2) is 15.5 Å². The molecule has 4 rings (SSSR count). The molecule has 0 saturated heterocycles. The summed E-state index contributed by atoms with van der Waals surface area (Å²) < 4.78 is 1.36. The first-order valence-electron chi connectivity index (χ1n) is 9.45. The van der Waals surface area contributed by atoms with Crippen molar-refractivity contribution in [2.24, 2.45) is 0 Å². The zero-order valence-corrected chi connectivity index (χ0v) is 17.1. The second-order valence-electron chi connectivity index (χ2n) is 7.20. The van der Waals surface area contributed by atoms with Gasteiger partial charge in [0.2, 0.25) is 5.91 Å². The summed E-state index contributed by atoms with van der Waals surface area (Å²) in [6, 6.07) is 17.5. The van der Waals surface area contributed by atoms with Gasteiger partial charge >= 0.3 is 0 Å². The Labute approximate surface area is 172 Å². The monoisotopic (exact) mass is 403 g/mol. The van der Waals surface area contributed by atoms with Crippen molar-refractivity contribution in [1.29, 1.82) is 0 Å². The molecule has 0 spiro atoms. The molecule has 0 aliphatic rings. The molecule has 0 aliphatic heterocycles. The van der Waals surface area contributed by atoms with Crippen LogP contribution in [0.4, 0.5) is 5.69 Å². The largest absolute Gasteiger partial charge is 0.325 e. The minimum atomic E-state index is -0.262. The Morgan fingerprint density at radius 2 is 1.83 bits per heavy atom. The van der Waals surface area contributed by atoms with Crippen LogP contribution in [0, 0.1) is 0 Å². The predicted octanol–water partition coefficient (Wildman–Crippen LogP) is 4.89. The number of nitrogens with zero attached hydrogens (tertiary/aromatic N) is 2. The molecule has 146 valence electrons. The number of carbonyl (C=O) groups excluding carboxylic acids is 1. The van der Waals surface area contributed by atoms with Gasteiger partial charge in [0.25, 0.3) is 5.56 Å². The Kier molecular flexibility index (Phi) is 5.27. The van der Waals surface area contributed by atoms with Gasteiger partial charge in [-0.15, -0.1) is 11.3 Å². The van der Waals surface area contributed by atoms with E-state index in [9.17, 15) is 9.59 Å². The van der Waals surface area contributed by atoms with Crippen molar-refractivity contribution >= 4 is 33.1 Å². The van der Waals surface area contributed by atoms with Gasteiger partial charge in [-0.3, -0.25) is 14.2 Å². The molecular weight excluding hydrogens is 382 g/mol. The number of fused-ring (bicyclic) bond motifs is 1. The number of carbonyl (C=O) groups is 1. The summed E-state index contributed by atoms with van der Waals surface area (Å²) in [5, 5.41) is 5.34. The van der Waals surface area contributed by atoms with Crippen LogP contribution in [-0.2, 0) is 11.3 Å². The van der Waals surface area contributed by atoms with Crippen LogP contribution in [0.2, 0.25) is 0 Å². The van der Waals surface area contributed by atoms with E-state index in [1.54, 1.807) is 0 Å². The van der Waals surface area contributed by atoms with Crippen LogP contribution < -0.4 is 10.9 Å². The molecule has 0 bridgehead atoms. The Morgan fingerprint density at radius 1 is 1.10 bits per heavy atom. The molecule has 2 aromatic heterocycles. The van der Waals surface area contributed by atoms with E-state index in [1.165, 1.54) is 27.8 Å². The molecule has 0 saturated carbocycles. The second kappa shape index (κ2) is 8.01. The summed E-state index contributed by atoms with van der Waals surface area (Å²) in [4.78, 5) is 30.6. The third kappa shape index (κ3) is 3.98. The standard InChI is InChI=1S/C23H21N3O2S/c1-15(2)16-8-10-18(11-9-16)25-20(27)12-26-14-24-22-21(23(26)28)19(13-29-22)17-6-4-3-5-7-17/h3-11,13-15H,12H2,1-2H3,(H,25,27). The van der Waals surface area contributed by atoms with E-state index in [-0.39, 0.29) is 18.0 Å². The van der Waals surface area contributed by atoms with Gasteiger partial charge in [0.1, 0.15) is 11.4 Å². The van der Waals surface area contributed by atoms with Crippen molar-refractivity contribution in [3.05, 3.63) is 82.2 Å². The van der Waals surface area contributed by atoms with Crippen molar-refractivity contribution in [2.45, 2.75) is 26.3 Å². The Balaban J connectivity index is 1.59. The van der Waals surface area contributed by atoms with E-state index in [4.69, 9.17) is 0 Å². The fraction of sp³-hybridized carbons (Fsp3) is 0.174. The first-order chi connectivity index (χ1) is 14.0. The van der Waals surface area contributed by atoms with Gasteiger partial charge in [0.15, 0.2) is 0 Å². The smallest absolute Gasteiger partial charge is 0.263 e. The van der Waals surface area contributed by atoms with Gasteiger partial charge in [-0.05, 0) is 29.2 Å². The molecule has 1 N–H and O–H groups in total. The summed E-state index contributed by atoms with van der Waals surface area (Å²) >= 11 is 1.43. The van der Waals surface area contributed by atoms with Crippen LogP contribution in [0.5, 0.6) is 0 Å². The van der Waals surface area contributed by atoms with Gasteiger partial charge in [-0.1, -0.05) is 56.3 Å². The Bertz CT molecular complexity index is 1210. The first-order valence-corrected chi connectivity index (χ1v) is 10.3. The molecule has 1 amide bonds. The molecule has 2 aromatic carbocycles. The molecule has 0 radical (unpaired) electrons. The molecule has 2 heterocycles. The lowest BCUT2D eigenvalue weighted by Crippen LogP contribution is -2.27. The number of rotatable bonds is 5. The van der Waals surface area contributed by atoms with Crippen LogP contribution >= 0.6 is 11.3 Å². The van der Waals surface area contributed by atoms with Crippen LogP contribution in [0.15, 0.2) is 71.1 Å². The molecule has 0 fully saturated rings. The lowest BCUT2D eigenvalue weighted by atomic mass is 10.0. The van der Waals surface area contributed by atoms with E-state index in [1.807, 2.05) is 60.0 Å². The van der Waals surface area contributed by atoms with Crippen molar-refractivity contribution in [3.63, 3.8) is 0 Å². The highest BCUT2D eigenvalue weighted by molar-refractivity contribution is 7.17. The van der Waals surface area contributed by atoms with Gasteiger partial charge in [0, 0.05) is 16.6 Å². The summed E-state index contributed by atoms with van der Waals surface area (Å²) in [7, 11) is 0. The molecule has 0 unspecified atom stereocenters. The molecule has 0 aliphatic carbocycles. The zero-order chi connectivity index (χ0) is 20.4. The molecule has 6 heteroatoms. The highest BCUT2D eigenvalue weighted by atomic mass is 32.1. The van der Waals surface area contributed by atoms with Crippen molar-refractivity contribution in [1.82, 2.24) is 9.55 Å². The van der Waals surface area contributed by atoms with Gasteiger partial charge in [-0.25, -0.2) is 4.98 Å². The fourth-order valence-corrected chi connectivity index (χ4v) is 4.12. The topological polar surface area (TPSA) is 64.0 Å². The van der Waals surface area contributed by atoms with E-state index in [0.717, 1.165) is 11.1 Å². The summed E-state index contributed by atoms with van der Waals surface area (Å²) in [5.41, 5.74) is 3.52. The minimum Gasteiger partial charge on any atom is -0.325 e. The number of hydrogen-bond donors (Lipinski definition) is 1. The normalized spacial score (nSPS) is 11.1. The zero-order valence-electron chi connectivity index (χ0n) is 16.3. The second-order valence-corrected chi connectivity index (χ2v) is 8.06. The van der Waals surface area contributed by atoms with Crippen molar-refractivity contribution in [2.75, 3.05) is 5.32 Å². The van der Waals surface area contributed by atoms with Gasteiger partial charge in [-0.2, -0.15) is 0 Å². The van der Waals surface area contributed by atoms with E-state index >= 15 is 0 Å². The maximum atomic E-state index is 13.0. The number of amides is 1. The number of hydrogen-bond acceptors (Lipinski definition) is 4. The molecule has 29 heavy (non-hydrogen) atoms. The third-order valence-corrected chi connectivity index (χ3v) is 5.71. The number of thiophene rings is 1. The van der Waals surface area contributed by atoms with Crippen LogP contribution in [0.3, 0.4) is 0 Å². The number of aromatic nitrogens is 2. The maximum absolute atomic E-state index is 13.0. The molecule has 5 nitrogen and oxygen atoms in total. The highest BCUT2D eigenvalue weighted by Crippen LogP contribution is 2.30. The summed E-state index contributed by atoms with van der Waals surface area (Å²) in [6.45, 7) is 4.16. The number of benzene rings is 2. The SMILES string of the molecule is CC(C)c1ccc(NC(=O)Cn2cnc3scc(-c4ccccc4)c3c2=O)cc1. The van der Waals surface area contributed by atoms with E-state index in [0.29, 0.717) is 21.8 Å². The molecular formula is C23H21N3O2S. The fourth-order valence-electron chi connectivity index (χ4n) is 3.22. The van der Waals surface area contributed by atoms with E-state index in [2.05, 4.69) is 24.1 Å². The maximum Gasteiger partial charge on any atom is 0.263 e.